The summed E-state index contributed by atoms with van der Waals surface area (Å²) in [5.41, 5.74) is 38.1. The van der Waals surface area contributed by atoms with Crippen molar-refractivity contribution >= 4 is 11.6 Å². The van der Waals surface area contributed by atoms with Crippen LogP contribution in [-0.2, 0) is 0 Å². The van der Waals surface area contributed by atoms with Crippen LogP contribution in [0.15, 0.2) is 479 Å². The summed E-state index contributed by atoms with van der Waals surface area (Å²) < 4.78 is 0. The van der Waals surface area contributed by atoms with Gasteiger partial charge in [-0.2, -0.15) is 0 Å². The van der Waals surface area contributed by atoms with E-state index >= 15 is 0 Å². The van der Waals surface area contributed by atoms with Gasteiger partial charge >= 0.3 is 0 Å². The minimum absolute atomic E-state index is 0.209. The van der Waals surface area contributed by atoms with Crippen molar-refractivity contribution in [1.29, 1.82) is 0 Å². The number of hydrogen-bond donors (Lipinski definition) is 0. The first kappa shape index (κ1) is 75.5. The van der Waals surface area contributed by atoms with Gasteiger partial charge < -0.3 is 0 Å². The van der Waals surface area contributed by atoms with E-state index in [-0.39, 0.29) is 5.28 Å². The molecule has 5 heteroatoms. The summed E-state index contributed by atoms with van der Waals surface area (Å²) in [6.07, 6.45) is 0. The molecular weight excluding hydrogens is 1480 g/mol. The summed E-state index contributed by atoms with van der Waals surface area (Å²) in [7, 11) is 0. The lowest BCUT2D eigenvalue weighted by Crippen LogP contribution is -1.97. The topological polar surface area (TPSA) is 51.6 Å². The van der Waals surface area contributed by atoms with E-state index in [9.17, 15) is 0 Å². The summed E-state index contributed by atoms with van der Waals surface area (Å²) in [5.74, 6) is 0.674. The fraction of sp³-hybridized carbons (Fsp3) is 0. The molecule has 0 saturated heterocycles. The third-order valence-corrected chi connectivity index (χ3v) is 22.5. The maximum Gasteiger partial charge on any atom is 0.223 e. The molecule has 20 aromatic rings. The number of halogens is 1. The van der Waals surface area contributed by atoms with Crippen molar-refractivity contribution in [1.82, 2.24) is 19.9 Å². The van der Waals surface area contributed by atoms with Crippen LogP contribution in [0.1, 0.15) is 0 Å². The first-order valence-electron chi connectivity index (χ1n) is 40.9. The Morgan fingerprint density at radius 2 is 0.306 bits per heavy atom. The van der Waals surface area contributed by atoms with E-state index in [4.69, 9.17) is 26.6 Å². The molecule has 0 aliphatic heterocycles. The molecule has 0 aliphatic carbocycles. The molecule has 0 fully saturated rings. The summed E-state index contributed by atoms with van der Waals surface area (Å²) in [6.45, 7) is 0. The highest BCUT2D eigenvalue weighted by molar-refractivity contribution is 6.28. The van der Waals surface area contributed by atoms with Crippen LogP contribution in [0, 0.1) is 0 Å². The second kappa shape index (κ2) is 35.1. The Bertz CT molecular complexity index is 6710. The lowest BCUT2D eigenvalue weighted by Gasteiger charge is -2.17. The molecule has 0 spiro atoms. The summed E-state index contributed by atoms with van der Waals surface area (Å²) in [6, 6.07) is 170. The average molecular weight is 1560 g/mol. The Balaban J connectivity index is 0.000000162. The number of aromatic nitrogens is 4. The molecule has 2 aromatic heterocycles. The van der Waals surface area contributed by atoms with Gasteiger partial charge in [0.1, 0.15) is 0 Å². The van der Waals surface area contributed by atoms with Crippen molar-refractivity contribution in [3.8, 4) is 201 Å². The first-order chi connectivity index (χ1) is 59.9. The van der Waals surface area contributed by atoms with Gasteiger partial charge in [0.05, 0.1) is 22.8 Å². The normalized spacial score (nSPS) is 11.0. The molecular formula is C116H79ClN4. The van der Waals surface area contributed by atoms with Gasteiger partial charge in [-0.15, -0.1) is 0 Å². The lowest BCUT2D eigenvalue weighted by molar-refractivity contribution is 1.18. The number of rotatable bonds is 18. The van der Waals surface area contributed by atoms with Crippen LogP contribution in [0.5, 0.6) is 0 Å². The number of benzene rings is 18. The van der Waals surface area contributed by atoms with Gasteiger partial charge in [0, 0.05) is 27.8 Å². The van der Waals surface area contributed by atoms with Gasteiger partial charge in [-0.05, 0) is 235 Å². The van der Waals surface area contributed by atoms with Crippen LogP contribution in [-0.4, -0.2) is 19.9 Å². The van der Waals surface area contributed by atoms with Gasteiger partial charge in [0.15, 0.2) is 5.82 Å². The van der Waals surface area contributed by atoms with E-state index in [2.05, 4.69) is 442 Å². The quantitative estimate of drug-likeness (QED) is 0.0804. The van der Waals surface area contributed by atoms with E-state index in [1.807, 2.05) is 42.5 Å². The summed E-state index contributed by atoms with van der Waals surface area (Å²) in [5, 5.41) is 0.209. The molecule has 0 N–H and O–H groups in total. The number of hydrogen-bond acceptors (Lipinski definition) is 4. The van der Waals surface area contributed by atoms with Gasteiger partial charge in [-0.25, -0.2) is 19.9 Å². The van der Waals surface area contributed by atoms with E-state index in [1.54, 1.807) is 0 Å². The minimum Gasteiger partial charge on any atom is -0.228 e. The highest BCUT2D eigenvalue weighted by atomic mass is 35.5. The summed E-state index contributed by atoms with van der Waals surface area (Å²) in [4.78, 5) is 20.1. The van der Waals surface area contributed by atoms with Gasteiger partial charge in [-0.1, -0.05) is 400 Å². The fourth-order valence-electron chi connectivity index (χ4n) is 16.3. The minimum atomic E-state index is 0.209. The Kier molecular flexibility index (Phi) is 21.9. The maximum atomic E-state index is 6.67. The van der Waals surface area contributed by atoms with Crippen LogP contribution in [0.4, 0.5) is 0 Å². The zero-order chi connectivity index (χ0) is 81.1. The molecule has 4 nitrogen and oxygen atoms in total. The SMILES string of the molecule is Clc1nc(-c2ccccc2)cc(-c2cc(-c3ccc(-c4ccccc4)c(-c4ccccc4)c3)cc(-c3ccc(-c4ccccc4)c(-c4ccccc4)c3)c2)n1.c1ccc(-c2cccc(-c3nc(-c4ccccc4)cc(-c4cc(-c5ccc(-c6ccccc6)c(-c6ccccc6)c5)cc(-c5ccc(-c6ccccc6)c(-c6ccccc6)c5)c4)n3)c2)cc1. The molecule has 0 amide bonds. The van der Waals surface area contributed by atoms with Crippen molar-refractivity contribution in [2.45, 2.75) is 0 Å². The monoisotopic (exact) mass is 1560 g/mol. The third-order valence-electron chi connectivity index (χ3n) is 22.3. The zero-order valence-electron chi connectivity index (χ0n) is 66.3. The smallest absolute Gasteiger partial charge is 0.223 e. The molecule has 0 aliphatic rings. The molecule has 0 radical (unpaired) electrons. The van der Waals surface area contributed by atoms with Crippen molar-refractivity contribution in [3.63, 3.8) is 0 Å². The molecule has 2 heterocycles. The third kappa shape index (κ3) is 16.9. The molecule has 0 unspecified atom stereocenters. The first-order valence-corrected chi connectivity index (χ1v) is 41.3. The Morgan fingerprint density at radius 1 is 0.116 bits per heavy atom. The molecule has 18 aromatic carbocycles. The highest BCUT2D eigenvalue weighted by Gasteiger charge is 2.21. The van der Waals surface area contributed by atoms with Gasteiger partial charge in [-0.3, -0.25) is 0 Å². The van der Waals surface area contributed by atoms with E-state index in [0.29, 0.717) is 5.82 Å². The predicted octanol–water partition coefficient (Wildman–Crippen LogP) is 31.6. The lowest BCUT2D eigenvalue weighted by atomic mass is 9.88. The fourth-order valence-corrected chi connectivity index (χ4v) is 16.5. The molecule has 20 rings (SSSR count). The maximum absolute atomic E-state index is 6.67. The average Bonchev–Trinajstić information content (AvgIpc) is 0.773. The van der Waals surface area contributed by atoms with Crippen LogP contribution < -0.4 is 0 Å². The van der Waals surface area contributed by atoms with Crippen LogP contribution in [0.2, 0.25) is 5.28 Å². The molecule has 121 heavy (non-hydrogen) atoms. The Labute approximate surface area is 712 Å². The second-order valence-electron chi connectivity index (χ2n) is 30.1. The van der Waals surface area contributed by atoms with E-state index in [1.165, 1.54) is 89.0 Å². The summed E-state index contributed by atoms with van der Waals surface area (Å²) >= 11 is 6.67. The van der Waals surface area contributed by atoms with Gasteiger partial charge in [0.2, 0.25) is 5.28 Å². The molecule has 0 bridgehead atoms. The Hall–Kier alpha value is -15.6. The highest BCUT2D eigenvalue weighted by Crippen LogP contribution is 2.45. The van der Waals surface area contributed by atoms with Crippen LogP contribution >= 0.6 is 11.6 Å². The van der Waals surface area contributed by atoms with Crippen molar-refractivity contribution < 1.29 is 0 Å². The Morgan fingerprint density at radius 3 is 0.587 bits per heavy atom. The van der Waals surface area contributed by atoms with E-state index < -0.39 is 0 Å². The van der Waals surface area contributed by atoms with Crippen molar-refractivity contribution in [2.24, 2.45) is 0 Å². The molecule has 570 valence electrons. The molecule has 0 saturated carbocycles. The van der Waals surface area contributed by atoms with Crippen molar-refractivity contribution in [3.05, 3.63) is 485 Å². The second-order valence-corrected chi connectivity index (χ2v) is 30.5. The predicted molar refractivity (Wildman–Crippen MR) is 507 cm³/mol. The van der Waals surface area contributed by atoms with Crippen LogP contribution in [0.25, 0.3) is 201 Å². The molecule has 0 atom stereocenters. The van der Waals surface area contributed by atoms with Crippen molar-refractivity contribution in [2.75, 3.05) is 0 Å². The van der Waals surface area contributed by atoms with E-state index in [0.717, 1.165) is 106 Å². The standard InChI is InChI=1S/C64H44N2.C52H35ClN2/c1-7-20-45(21-8-1)51-32-19-33-54(38-51)64-65-62(50-30-17-6-18-31-50)44-63(66-64)57-40-55(52-34-36-58(46-22-9-2-10-23-46)60(42-52)48-26-13-4-14-27-48)39-56(41-57)53-35-37-59(47-24-11-3-12-25-47)61(43-53)49-28-15-5-16-29-49;53-52-54-50(40-24-14-5-15-25-40)35-51(55-52)45-31-43(41-26-28-46(36-16-6-1-7-17-36)48(33-41)38-20-10-3-11-21-38)30-44(32-45)42-27-29-47(37-18-8-2-9-19-37)49(34-42)39-22-12-4-13-23-39/h1-44H;1-35H. The van der Waals surface area contributed by atoms with Gasteiger partial charge in [0.25, 0.3) is 0 Å². The number of nitrogens with zero attached hydrogens (tertiary/aromatic N) is 4. The largest absolute Gasteiger partial charge is 0.228 e. The zero-order valence-corrected chi connectivity index (χ0v) is 67.0. The van der Waals surface area contributed by atoms with Crippen LogP contribution in [0.3, 0.4) is 0 Å².